The normalized spacial score (nSPS) is 13.5. The molecule has 12 nitrogen and oxygen atoms in total. The van der Waals surface area contributed by atoms with Crippen molar-refractivity contribution in [3.63, 3.8) is 0 Å². The predicted molar refractivity (Wildman–Crippen MR) is 109 cm³/mol. The molecule has 0 bridgehead atoms. The van der Waals surface area contributed by atoms with E-state index in [9.17, 15) is 65.6 Å². The number of halogens is 7. The molecule has 0 aliphatic carbocycles. The van der Waals surface area contributed by atoms with Gasteiger partial charge >= 0.3 is 38.5 Å². The maximum atomic E-state index is 14.1. The number of carbonyl (C=O) groups is 2. The zero-order valence-electron chi connectivity index (χ0n) is 18.3. The van der Waals surface area contributed by atoms with Crippen LogP contribution in [0.3, 0.4) is 0 Å². The van der Waals surface area contributed by atoms with E-state index in [2.05, 4.69) is 20.2 Å². The molecule has 1 rings (SSSR count). The van der Waals surface area contributed by atoms with Crippen LogP contribution in [0, 0.1) is 0 Å². The fourth-order valence-corrected chi connectivity index (χ4v) is 5.28. The van der Waals surface area contributed by atoms with E-state index >= 15 is 0 Å². The van der Waals surface area contributed by atoms with Gasteiger partial charge in [-0.15, -0.1) is 4.13 Å². The molecule has 0 unspecified atom stereocenters. The van der Waals surface area contributed by atoms with Crippen LogP contribution in [0.1, 0.15) is 17.3 Å². The number of hydrogen-bond donors (Lipinski definition) is 1. The third kappa shape index (κ3) is 6.71. The Bertz CT molecular complexity index is 1410. The maximum absolute atomic E-state index is 14.1. The van der Waals surface area contributed by atoms with Gasteiger partial charge in [0.2, 0.25) is 12.8 Å². The number of esters is 2. The quantitative estimate of drug-likeness (QED) is 0.111. The van der Waals surface area contributed by atoms with Gasteiger partial charge in [-0.1, -0.05) is 6.58 Å². The van der Waals surface area contributed by atoms with E-state index in [0.29, 0.717) is 24.3 Å². The molecule has 0 aliphatic rings. The Labute approximate surface area is 209 Å². The second-order valence-electron chi connectivity index (χ2n) is 6.74. The van der Waals surface area contributed by atoms with Crippen molar-refractivity contribution in [1.82, 2.24) is 4.13 Å². The lowest BCUT2D eigenvalue weighted by atomic mass is 10.2. The lowest BCUT2D eigenvalue weighted by Gasteiger charge is -2.30. The summed E-state index contributed by atoms with van der Waals surface area (Å²) in [6.45, 7) is 3.58. The molecule has 38 heavy (non-hydrogen) atoms. The summed E-state index contributed by atoms with van der Waals surface area (Å²) < 4.78 is 176. The Hall–Kier alpha value is -2.98. The molecule has 0 radical (unpaired) electrons. The first-order chi connectivity index (χ1) is 17.0. The monoisotopic (exact) mass is 625 g/mol. The fourth-order valence-electron chi connectivity index (χ4n) is 1.91. The highest BCUT2D eigenvalue weighted by atomic mass is 32.3. The topological polar surface area (TPSA) is 176 Å². The third-order valence-corrected chi connectivity index (χ3v) is 8.20. The van der Waals surface area contributed by atoms with Gasteiger partial charge in [-0.3, -0.25) is 0 Å². The highest BCUT2D eigenvalue weighted by Crippen LogP contribution is 2.51. The zero-order valence-corrected chi connectivity index (χ0v) is 20.7. The van der Waals surface area contributed by atoms with Gasteiger partial charge in [0.25, 0.3) is 20.0 Å². The van der Waals surface area contributed by atoms with E-state index in [0.717, 1.165) is 0 Å². The van der Waals surface area contributed by atoms with E-state index in [1.165, 1.54) is 6.92 Å². The summed E-state index contributed by atoms with van der Waals surface area (Å²) in [5.41, 5.74) is -0.529. The number of alkyl halides is 7. The Morgan fingerprint density at radius 3 is 1.84 bits per heavy atom. The lowest BCUT2D eigenvalue weighted by molar-refractivity contribution is -0.245. The summed E-state index contributed by atoms with van der Waals surface area (Å²) in [5.74, 6) is -10.9. The van der Waals surface area contributed by atoms with Crippen LogP contribution in [0.15, 0.2) is 36.4 Å². The minimum atomic E-state index is -7.40. The number of ether oxygens (including phenoxy) is 2. The molecular weight excluding hydrogens is 611 g/mol. The second kappa shape index (κ2) is 11.0. The molecule has 1 N–H and O–H groups in total. The molecule has 22 heteroatoms. The minimum absolute atomic E-state index is 0.0532. The molecule has 0 spiro atoms. The van der Waals surface area contributed by atoms with Gasteiger partial charge in [-0.25, -0.2) is 30.8 Å². The molecule has 0 aliphatic heterocycles. The highest BCUT2D eigenvalue weighted by Gasteiger charge is 2.83. The molecule has 0 amide bonds. The Morgan fingerprint density at radius 1 is 0.895 bits per heavy atom. The van der Waals surface area contributed by atoms with Crippen molar-refractivity contribution in [2.75, 3.05) is 12.8 Å². The van der Waals surface area contributed by atoms with E-state index in [-0.39, 0.29) is 9.70 Å². The van der Waals surface area contributed by atoms with Gasteiger partial charge in [0.15, 0.2) is 0 Å². The van der Waals surface area contributed by atoms with Crippen molar-refractivity contribution in [2.24, 2.45) is 0 Å². The van der Waals surface area contributed by atoms with Crippen molar-refractivity contribution in [3.8, 4) is 5.75 Å². The molecule has 0 saturated heterocycles. The largest absolute Gasteiger partial charge is 0.450 e. The summed E-state index contributed by atoms with van der Waals surface area (Å²) in [7, 11) is -20.5. The van der Waals surface area contributed by atoms with Crippen LogP contribution in [0.25, 0.3) is 0 Å². The number of hydrogen-bond acceptors (Lipinski definition) is 11. The second-order valence-corrected chi connectivity index (χ2v) is 12.0. The van der Waals surface area contributed by atoms with Crippen LogP contribution >= 0.6 is 0 Å². The zero-order chi connectivity index (χ0) is 30.0. The first-order valence-electron chi connectivity index (χ1n) is 8.95. The number of nitrogens with one attached hydrogen (secondary N) is 1. The average Bonchev–Trinajstić information content (AvgIpc) is 2.77. The summed E-state index contributed by atoms with van der Waals surface area (Å²) in [5, 5.41) is -14.2. The summed E-state index contributed by atoms with van der Waals surface area (Å²) >= 11 is 0. The summed E-state index contributed by atoms with van der Waals surface area (Å²) in [4.78, 5) is 22.9. The van der Waals surface area contributed by atoms with Crippen molar-refractivity contribution in [1.29, 1.82) is 0 Å². The summed E-state index contributed by atoms with van der Waals surface area (Å²) in [6.07, 6.45) is 0. The van der Waals surface area contributed by atoms with Crippen molar-refractivity contribution in [3.05, 3.63) is 42.0 Å². The smallest absolute Gasteiger partial charge is 0.425 e. The van der Waals surface area contributed by atoms with Crippen LogP contribution in [0.5, 0.6) is 5.75 Å². The summed E-state index contributed by atoms with van der Waals surface area (Å²) in [6, 6.07) is -0.780. The van der Waals surface area contributed by atoms with Gasteiger partial charge < -0.3 is 13.7 Å². The number of benzene rings is 1. The Morgan fingerprint density at radius 2 is 1.39 bits per heavy atom. The molecular formula is C16H14F7NO11S3. The van der Waals surface area contributed by atoms with Gasteiger partial charge in [0, 0.05) is 5.57 Å². The third-order valence-electron chi connectivity index (χ3n) is 3.79. The minimum Gasteiger partial charge on any atom is -0.425 e. The first kappa shape index (κ1) is 33.0. The van der Waals surface area contributed by atoms with Crippen LogP contribution in [-0.4, -0.2) is 66.4 Å². The van der Waals surface area contributed by atoms with Gasteiger partial charge in [0.1, 0.15) is 5.75 Å². The predicted octanol–water partition coefficient (Wildman–Crippen LogP) is 1.63. The van der Waals surface area contributed by atoms with Crippen molar-refractivity contribution < 1.29 is 79.2 Å². The lowest BCUT2D eigenvalue weighted by Crippen LogP contribution is -2.63. The van der Waals surface area contributed by atoms with Crippen molar-refractivity contribution in [2.45, 2.75) is 23.4 Å². The van der Waals surface area contributed by atoms with Crippen LogP contribution < -0.4 is 8.31 Å². The van der Waals surface area contributed by atoms with Crippen LogP contribution in [0.4, 0.5) is 30.7 Å². The van der Waals surface area contributed by atoms with Gasteiger partial charge in [-0.05, 0) is 31.2 Å². The van der Waals surface area contributed by atoms with E-state index < -0.39 is 82.6 Å². The molecule has 0 atom stereocenters. The van der Waals surface area contributed by atoms with E-state index in [1.54, 1.807) is 0 Å². The molecule has 0 aromatic heterocycles. The van der Waals surface area contributed by atoms with Gasteiger partial charge in [-0.2, -0.15) is 34.8 Å². The average molecular weight is 625 g/mol. The Kier molecular flexibility index (Phi) is 9.58. The number of sulfonamides is 2. The SMILES string of the molecule is C=C(C)C(=O)OCOC(=O)c1ccc(OS(=O)(=O)C(F)(F)C(F)(F)C(F)(F)S(=O)(=O)NS(=O)(=O)CF)cc1. The molecule has 0 fully saturated rings. The molecule has 1 aromatic rings. The van der Waals surface area contributed by atoms with Crippen LogP contribution in [0.2, 0.25) is 0 Å². The number of carbonyl (C=O) groups excluding carboxylic acids is 2. The molecule has 216 valence electrons. The molecule has 0 saturated carbocycles. The number of rotatable bonds is 13. The van der Waals surface area contributed by atoms with Crippen molar-refractivity contribution >= 4 is 42.1 Å². The van der Waals surface area contributed by atoms with E-state index in [1.807, 2.05) is 0 Å². The van der Waals surface area contributed by atoms with Gasteiger partial charge in [0.05, 0.1) is 5.56 Å². The van der Waals surface area contributed by atoms with E-state index in [4.69, 9.17) is 0 Å². The Balaban J connectivity index is 3.17. The molecule has 0 heterocycles. The highest BCUT2D eigenvalue weighted by molar-refractivity contribution is 8.05. The standard InChI is InChI=1S/C16H14F7NO11S3/c1-9(2)12(25)33-8-34-13(26)10-3-5-11(6-4-10)35-38(31,32)16(22,23)14(18,19)15(20,21)37(29,30)24-36(27,28)7-17/h3-6,24H,1,7-8H2,2H3. The van der Waals surface area contributed by atoms with Crippen LogP contribution in [-0.2, 0) is 44.4 Å². The fraction of sp³-hybridized carbons (Fsp3) is 0.375. The molecule has 1 aromatic carbocycles. The maximum Gasteiger partial charge on any atom is 0.450 e. The first-order valence-corrected chi connectivity index (χ1v) is 13.5.